The number of aliphatic hydroxyl groups excluding tert-OH is 1. The van der Waals surface area contributed by atoms with Crippen molar-refractivity contribution in [1.82, 2.24) is 10.2 Å². The van der Waals surface area contributed by atoms with Crippen LogP contribution in [0.2, 0.25) is 0 Å². The minimum atomic E-state index is -0.938. The molecular formula is C18H16N2O3. The average molecular weight is 308 g/mol. The lowest BCUT2D eigenvalue weighted by molar-refractivity contribution is 0.0699. The van der Waals surface area contributed by atoms with Gasteiger partial charge in [-0.15, -0.1) is 0 Å². The minimum Gasteiger partial charge on any atom is -0.478 e. The highest BCUT2D eigenvalue weighted by Crippen LogP contribution is 2.34. The molecule has 0 saturated heterocycles. The third kappa shape index (κ3) is 2.21. The van der Waals surface area contributed by atoms with Crippen molar-refractivity contribution in [3.63, 3.8) is 0 Å². The number of nitrogens with one attached hydrogen (secondary N) is 1. The van der Waals surface area contributed by atoms with Crippen LogP contribution in [0.25, 0.3) is 22.0 Å². The third-order valence-corrected chi connectivity index (χ3v) is 4.53. The van der Waals surface area contributed by atoms with Crippen molar-refractivity contribution in [2.75, 3.05) is 0 Å². The van der Waals surface area contributed by atoms with E-state index in [9.17, 15) is 15.0 Å². The van der Waals surface area contributed by atoms with Crippen molar-refractivity contribution < 1.29 is 15.0 Å². The van der Waals surface area contributed by atoms with Crippen LogP contribution in [0.4, 0.5) is 0 Å². The number of aromatic carboxylic acids is 1. The van der Waals surface area contributed by atoms with E-state index in [4.69, 9.17) is 0 Å². The van der Waals surface area contributed by atoms with Crippen molar-refractivity contribution in [2.24, 2.45) is 0 Å². The fourth-order valence-corrected chi connectivity index (χ4v) is 3.40. The number of benzene rings is 2. The molecule has 0 amide bonds. The van der Waals surface area contributed by atoms with Crippen molar-refractivity contribution in [1.29, 1.82) is 0 Å². The summed E-state index contributed by atoms with van der Waals surface area (Å²) >= 11 is 0. The molecule has 1 aromatic heterocycles. The molecule has 5 heteroatoms. The summed E-state index contributed by atoms with van der Waals surface area (Å²) in [4.78, 5) is 11.4. The zero-order chi connectivity index (χ0) is 16.0. The molecule has 1 aliphatic rings. The summed E-state index contributed by atoms with van der Waals surface area (Å²) in [5.41, 5.74) is 4.10. The van der Waals surface area contributed by atoms with Crippen LogP contribution in [0.3, 0.4) is 0 Å². The van der Waals surface area contributed by atoms with Crippen LogP contribution in [-0.4, -0.2) is 32.5 Å². The highest BCUT2D eigenvalue weighted by atomic mass is 16.4. The van der Waals surface area contributed by atoms with Crippen LogP contribution in [0.5, 0.6) is 0 Å². The zero-order valence-electron chi connectivity index (χ0n) is 12.4. The Morgan fingerprint density at radius 1 is 1.17 bits per heavy atom. The number of aromatic nitrogens is 2. The van der Waals surface area contributed by atoms with E-state index in [1.165, 1.54) is 0 Å². The maximum absolute atomic E-state index is 11.4. The van der Waals surface area contributed by atoms with E-state index in [-0.39, 0.29) is 11.7 Å². The molecule has 5 nitrogen and oxygen atoms in total. The first-order valence-corrected chi connectivity index (χ1v) is 7.64. The van der Waals surface area contributed by atoms with E-state index in [0.717, 1.165) is 40.7 Å². The van der Waals surface area contributed by atoms with Gasteiger partial charge in [0.05, 0.1) is 17.4 Å². The Balaban J connectivity index is 1.96. The van der Waals surface area contributed by atoms with Gasteiger partial charge in [0.25, 0.3) is 0 Å². The van der Waals surface area contributed by atoms with Gasteiger partial charge in [-0.25, -0.2) is 4.79 Å². The summed E-state index contributed by atoms with van der Waals surface area (Å²) in [6, 6.07) is 10.9. The molecule has 0 aliphatic heterocycles. The fourth-order valence-electron chi connectivity index (χ4n) is 3.40. The highest BCUT2D eigenvalue weighted by Gasteiger charge is 2.24. The third-order valence-electron chi connectivity index (χ3n) is 4.53. The molecule has 0 radical (unpaired) electrons. The number of aliphatic hydroxyl groups is 1. The summed E-state index contributed by atoms with van der Waals surface area (Å²) in [5.74, 6) is -0.938. The number of rotatable bonds is 2. The van der Waals surface area contributed by atoms with Crippen LogP contribution in [-0.2, 0) is 12.8 Å². The molecule has 3 N–H and O–H groups in total. The molecule has 1 atom stereocenters. The Labute approximate surface area is 132 Å². The molecule has 4 rings (SSSR count). The Kier molecular flexibility index (Phi) is 3.16. The first kappa shape index (κ1) is 14.0. The summed E-state index contributed by atoms with van der Waals surface area (Å²) in [6.07, 6.45) is 1.77. The second-order valence-electron chi connectivity index (χ2n) is 5.94. The fraction of sp³-hybridized carbons (Fsp3) is 0.222. The van der Waals surface area contributed by atoms with Crippen LogP contribution in [0, 0.1) is 0 Å². The molecule has 0 spiro atoms. The molecule has 0 fully saturated rings. The molecule has 1 aliphatic carbocycles. The molecular weight excluding hydrogens is 292 g/mol. The van der Waals surface area contributed by atoms with E-state index in [0.29, 0.717) is 11.8 Å². The number of nitrogens with zero attached hydrogens (tertiary/aromatic N) is 1. The van der Waals surface area contributed by atoms with E-state index < -0.39 is 5.97 Å². The number of fused-ring (bicyclic) bond motifs is 2. The maximum atomic E-state index is 11.4. The van der Waals surface area contributed by atoms with Gasteiger partial charge in [0.1, 0.15) is 0 Å². The molecule has 0 bridgehead atoms. The highest BCUT2D eigenvalue weighted by molar-refractivity contribution is 6.08. The van der Waals surface area contributed by atoms with Gasteiger partial charge in [0.15, 0.2) is 0 Å². The van der Waals surface area contributed by atoms with Crippen molar-refractivity contribution in [3.05, 3.63) is 53.2 Å². The topological polar surface area (TPSA) is 86.2 Å². The number of carbonyl (C=O) groups is 1. The zero-order valence-corrected chi connectivity index (χ0v) is 12.4. The standard InChI is InChI=1S/C18H16N2O3/c21-10-7-8-16-15(9-10)17(20-19-16)13-5-1-4-12-11(13)3-2-6-14(12)18(22)23/h1-6,10,21H,7-9H2,(H,19,20)(H,22,23). The predicted octanol–water partition coefficient (Wildman–Crippen LogP) is 2.78. The Bertz CT molecular complexity index is 914. The van der Waals surface area contributed by atoms with Gasteiger partial charge in [0, 0.05) is 23.2 Å². The van der Waals surface area contributed by atoms with Gasteiger partial charge in [-0.1, -0.05) is 30.3 Å². The largest absolute Gasteiger partial charge is 0.478 e. The molecule has 1 heterocycles. The van der Waals surface area contributed by atoms with Gasteiger partial charge in [-0.3, -0.25) is 5.10 Å². The van der Waals surface area contributed by atoms with Crippen LogP contribution >= 0.6 is 0 Å². The Hall–Kier alpha value is -2.66. The first-order valence-electron chi connectivity index (χ1n) is 7.64. The van der Waals surface area contributed by atoms with Crippen LogP contribution in [0.15, 0.2) is 36.4 Å². The van der Waals surface area contributed by atoms with Crippen molar-refractivity contribution in [3.8, 4) is 11.3 Å². The van der Waals surface area contributed by atoms with E-state index >= 15 is 0 Å². The average Bonchev–Trinajstić information content (AvgIpc) is 2.96. The number of hydrogen-bond donors (Lipinski definition) is 3. The minimum absolute atomic E-state index is 0.286. The lowest BCUT2D eigenvalue weighted by atomic mass is 9.90. The monoisotopic (exact) mass is 308 g/mol. The number of carboxylic acids is 1. The smallest absolute Gasteiger partial charge is 0.336 e. The summed E-state index contributed by atoms with van der Waals surface area (Å²) in [7, 11) is 0. The van der Waals surface area contributed by atoms with Crippen LogP contribution in [0.1, 0.15) is 28.0 Å². The molecule has 3 aromatic rings. The molecule has 23 heavy (non-hydrogen) atoms. The molecule has 0 saturated carbocycles. The SMILES string of the molecule is O=C(O)c1cccc2c(-c3n[nH]c4c3CC(O)CC4)cccc12. The number of aryl methyl sites for hydroxylation is 1. The summed E-state index contributed by atoms with van der Waals surface area (Å²) < 4.78 is 0. The number of carboxylic acid groups (broad SMARTS) is 1. The van der Waals surface area contributed by atoms with Crippen molar-refractivity contribution >= 4 is 16.7 Å². The van der Waals surface area contributed by atoms with Gasteiger partial charge in [0.2, 0.25) is 0 Å². The van der Waals surface area contributed by atoms with E-state index in [2.05, 4.69) is 10.2 Å². The molecule has 1 unspecified atom stereocenters. The van der Waals surface area contributed by atoms with Crippen LogP contribution < -0.4 is 0 Å². The van der Waals surface area contributed by atoms with E-state index in [1.807, 2.05) is 24.3 Å². The van der Waals surface area contributed by atoms with E-state index in [1.54, 1.807) is 12.1 Å². The molecule has 116 valence electrons. The van der Waals surface area contributed by atoms with Crippen molar-refractivity contribution in [2.45, 2.75) is 25.4 Å². The Morgan fingerprint density at radius 2 is 1.96 bits per heavy atom. The molecule has 2 aromatic carbocycles. The van der Waals surface area contributed by atoms with Gasteiger partial charge in [-0.2, -0.15) is 5.10 Å². The van der Waals surface area contributed by atoms with Gasteiger partial charge >= 0.3 is 5.97 Å². The predicted molar refractivity (Wildman–Crippen MR) is 86.5 cm³/mol. The lowest BCUT2D eigenvalue weighted by Gasteiger charge is -2.17. The second-order valence-corrected chi connectivity index (χ2v) is 5.94. The number of aromatic amines is 1. The normalized spacial score (nSPS) is 17.2. The quantitative estimate of drug-likeness (QED) is 0.679. The number of H-pyrrole nitrogens is 1. The summed E-state index contributed by atoms with van der Waals surface area (Å²) in [5, 5.41) is 28.4. The number of hydrogen-bond acceptors (Lipinski definition) is 3. The Morgan fingerprint density at radius 3 is 2.78 bits per heavy atom. The van der Waals surface area contributed by atoms with Gasteiger partial charge in [-0.05, 0) is 29.7 Å². The first-order chi connectivity index (χ1) is 11.1. The van der Waals surface area contributed by atoms with Gasteiger partial charge < -0.3 is 10.2 Å². The lowest BCUT2D eigenvalue weighted by Crippen LogP contribution is -2.18. The second kappa shape index (κ2) is 5.21. The maximum Gasteiger partial charge on any atom is 0.336 e. The summed E-state index contributed by atoms with van der Waals surface area (Å²) in [6.45, 7) is 0.